The lowest BCUT2D eigenvalue weighted by molar-refractivity contribution is -0.137. The Morgan fingerprint density at radius 1 is 1.10 bits per heavy atom. The molecule has 0 spiro atoms. The molecule has 1 fully saturated rings. The molecule has 1 N–H and O–H groups in total. The molecule has 3 aromatic rings. The third kappa shape index (κ3) is 4.87. The summed E-state index contributed by atoms with van der Waals surface area (Å²) in [5, 5.41) is 14.5. The number of β-amino-alcohol motifs (C(OH)–C–C–N with tert-alkyl or cyclic N) is 1. The van der Waals surface area contributed by atoms with Crippen LogP contribution in [0.25, 0.3) is 16.9 Å². The molecule has 1 saturated heterocycles. The molecule has 212 valence electrons. The molecule has 9 nitrogen and oxygen atoms in total. The summed E-state index contributed by atoms with van der Waals surface area (Å²) in [7, 11) is 2.94. The number of carbonyl (C=O) groups is 1. The molecule has 1 aromatic heterocycles. The van der Waals surface area contributed by atoms with E-state index in [9.17, 15) is 27.9 Å². The first-order valence-electron chi connectivity index (χ1n) is 12.9. The van der Waals surface area contributed by atoms with Crippen molar-refractivity contribution in [2.75, 3.05) is 43.7 Å². The van der Waals surface area contributed by atoms with E-state index >= 15 is 0 Å². The van der Waals surface area contributed by atoms with Gasteiger partial charge in [0.2, 0.25) is 5.91 Å². The minimum absolute atomic E-state index is 0.00811. The smallest absolute Gasteiger partial charge is 0.418 e. The van der Waals surface area contributed by atoms with Crippen LogP contribution in [0.4, 0.5) is 24.5 Å². The zero-order valence-corrected chi connectivity index (χ0v) is 22.3. The monoisotopic (exact) mass is 558 g/mol. The topological polar surface area (TPSA) is 97.1 Å². The van der Waals surface area contributed by atoms with Gasteiger partial charge in [-0.1, -0.05) is 6.92 Å². The highest BCUT2D eigenvalue weighted by molar-refractivity contribution is 5.96. The van der Waals surface area contributed by atoms with Crippen LogP contribution in [0.1, 0.15) is 30.9 Å². The molecule has 2 aliphatic rings. The third-order valence-electron chi connectivity index (χ3n) is 7.29. The molecule has 0 bridgehead atoms. The standard InChI is InChI=1S/C28H29F3N4O5/c1-4-24(37)34-10-8-21-25(16-11-19(39-2)14-20(12-16)40-3)32-35(27(38)26(21)34)23-13-17(33-9-7-18(36)15-33)5-6-22(23)28(29,30)31/h5-6,11-14,18,36H,4,7-10,15H2,1-3H3. The molecule has 2 aliphatic heterocycles. The molecule has 2 aromatic carbocycles. The van der Waals surface area contributed by atoms with Crippen LogP contribution in [0.5, 0.6) is 11.5 Å². The average molecular weight is 559 g/mol. The highest BCUT2D eigenvalue weighted by Crippen LogP contribution is 2.39. The van der Waals surface area contributed by atoms with E-state index in [0.29, 0.717) is 47.7 Å². The van der Waals surface area contributed by atoms with Crippen molar-refractivity contribution < 1.29 is 32.5 Å². The first kappa shape index (κ1) is 27.5. The van der Waals surface area contributed by atoms with Gasteiger partial charge in [-0.25, -0.2) is 0 Å². The summed E-state index contributed by atoms with van der Waals surface area (Å²) in [6.45, 7) is 2.57. The molecule has 0 aliphatic carbocycles. The molecule has 1 amide bonds. The van der Waals surface area contributed by atoms with Crippen molar-refractivity contribution in [2.24, 2.45) is 0 Å². The van der Waals surface area contributed by atoms with Crippen molar-refractivity contribution in [1.82, 2.24) is 9.78 Å². The largest absolute Gasteiger partial charge is 0.497 e. The van der Waals surface area contributed by atoms with Crippen molar-refractivity contribution in [3.05, 3.63) is 57.9 Å². The fourth-order valence-electron chi connectivity index (χ4n) is 5.29. The number of hydrogen-bond acceptors (Lipinski definition) is 7. The summed E-state index contributed by atoms with van der Waals surface area (Å²) < 4.78 is 54.4. The number of hydrogen-bond donors (Lipinski definition) is 1. The predicted octanol–water partition coefficient (Wildman–Crippen LogP) is 3.81. The van der Waals surface area contributed by atoms with Crippen molar-refractivity contribution >= 4 is 17.3 Å². The summed E-state index contributed by atoms with van der Waals surface area (Å²) in [5.74, 6) is 0.527. The van der Waals surface area contributed by atoms with Crippen LogP contribution < -0.4 is 24.8 Å². The maximum atomic E-state index is 14.3. The lowest BCUT2D eigenvalue weighted by atomic mass is 10.0. The van der Waals surface area contributed by atoms with Crippen LogP contribution in [0, 0.1) is 0 Å². The molecule has 3 heterocycles. The van der Waals surface area contributed by atoms with E-state index in [0.717, 1.165) is 10.7 Å². The highest BCUT2D eigenvalue weighted by atomic mass is 19.4. The second-order valence-corrected chi connectivity index (χ2v) is 9.73. The molecule has 0 saturated carbocycles. The van der Waals surface area contributed by atoms with E-state index in [1.807, 2.05) is 0 Å². The number of benzene rings is 2. The van der Waals surface area contributed by atoms with Gasteiger partial charge in [-0.05, 0) is 43.2 Å². The average Bonchev–Trinajstić information content (AvgIpc) is 3.59. The van der Waals surface area contributed by atoms with Crippen LogP contribution >= 0.6 is 0 Å². The number of aliphatic hydroxyl groups is 1. The summed E-state index contributed by atoms with van der Waals surface area (Å²) in [6.07, 6.45) is -4.50. The van der Waals surface area contributed by atoms with Crippen LogP contribution in [-0.4, -0.2) is 60.8 Å². The molecule has 40 heavy (non-hydrogen) atoms. The Morgan fingerprint density at radius 3 is 2.38 bits per heavy atom. The van der Waals surface area contributed by atoms with Gasteiger partial charge in [-0.15, -0.1) is 0 Å². The third-order valence-corrected chi connectivity index (χ3v) is 7.29. The van der Waals surface area contributed by atoms with Gasteiger partial charge in [0.1, 0.15) is 17.2 Å². The van der Waals surface area contributed by atoms with E-state index in [1.54, 1.807) is 30.0 Å². The Morgan fingerprint density at radius 2 is 1.80 bits per heavy atom. The zero-order valence-electron chi connectivity index (χ0n) is 22.3. The minimum atomic E-state index is -4.79. The second kappa shape index (κ2) is 10.5. The molecule has 5 rings (SSSR count). The van der Waals surface area contributed by atoms with Crippen LogP contribution in [0.2, 0.25) is 0 Å². The summed E-state index contributed by atoms with van der Waals surface area (Å²) in [6, 6.07) is 8.44. The van der Waals surface area contributed by atoms with Gasteiger partial charge in [0, 0.05) is 48.9 Å². The van der Waals surface area contributed by atoms with Gasteiger partial charge in [0.25, 0.3) is 5.56 Å². The van der Waals surface area contributed by atoms with Crippen molar-refractivity contribution in [1.29, 1.82) is 0 Å². The quantitative estimate of drug-likeness (QED) is 0.492. The summed E-state index contributed by atoms with van der Waals surface area (Å²) in [4.78, 5) is 29.8. The van der Waals surface area contributed by atoms with Gasteiger partial charge in [-0.3, -0.25) is 9.59 Å². The number of anilines is 2. The molecular formula is C28H29F3N4O5. The number of rotatable bonds is 6. The van der Waals surface area contributed by atoms with Crippen LogP contribution in [0.3, 0.4) is 0 Å². The normalized spacial score (nSPS) is 16.8. The number of aliphatic hydroxyl groups excluding tert-OH is 1. The van der Waals surface area contributed by atoms with E-state index in [-0.39, 0.29) is 36.8 Å². The van der Waals surface area contributed by atoms with Gasteiger partial charge >= 0.3 is 6.18 Å². The number of halogens is 3. The number of amides is 1. The van der Waals surface area contributed by atoms with Crippen LogP contribution in [-0.2, 0) is 17.4 Å². The van der Waals surface area contributed by atoms with Crippen molar-refractivity contribution in [2.45, 2.75) is 38.5 Å². The number of alkyl halides is 3. The number of fused-ring (bicyclic) bond motifs is 1. The molecule has 1 unspecified atom stereocenters. The summed E-state index contributed by atoms with van der Waals surface area (Å²) in [5.41, 5.74) is -0.749. The van der Waals surface area contributed by atoms with Crippen molar-refractivity contribution in [3.8, 4) is 28.4 Å². The Labute approximate surface area is 228 Å². The van der Waals surface area contributed by atoms with Crippen molar-refractivity contribution in [3.63, 3.8) is 0 Å². The Hall–Kier alpha value is -4.06. The zero-order chi connectivity index (χ0) is 28.8. The molecular weight excluding hydrogens is 529 g/mol. The fraction of sp³-hybridized carbons (Fsp3) is 0.393. The second-order valence-electron chi connectivity index (χ2n) is 9.73. The number of methoxy groups -OCH3 is 2. The Bertz CT molecular complexity index is 1500. The maximum Gasteiger partial charge on any atom is 0.418 e. The van der Waals surface area contributed by atoms with E-state index < -0.39 is 29.1 Å². The lowest BCUT2D eigenvalue weighted by Gasteiger charge is -2.23. The van der Waals surface area contributed by atoms with Gasteiger partial charge < -0.3 is 24.4 Å². The number of nitrogens with zero attached hydrogens (tertiary/aromatic N) is 4. The van der Waals surface area contributed by atoms with Crippen LogP contribution in [0.15, 0.2) is 41.2 Å². The SMILES string of the molecule is CCC(=O)N1CCc2c(-c3cc(OC)cc(OC)c3)nn(-c3cc(N4CCC(O)C4)ccc3C(F)(F)F)c(=O)c21. The minimum Gasteiger partial charge on any atom is -0.497 e. The molecule has 0 radical (unpaired) electrons. The summed E-state index contributed by atoms with van der Waals surface area (Å²) >= 11 is 0. The van der Waals surface area contributed by atoms with E-state index in [4.69, 9.17) is 9.47 Å². The first-order chi connectivity index (χ1) is 19.0. The van der Waals surface area contributed by atoms with Gasteiger partial charge in [0.15, 0.2) is 0 Å². The van der Waals surface area contributed by atoms with Gasteiger partial charge in [0.05, 0.1) is 37.3 Å². The van der Waals surface area contributed by atoms with Gasteiger partial charge in [-0.2, -0.15) is 23.0 Å². The lowest BCUT2D eigenvalue weighted by Crippen LogP contribution is -2.35. The fourth-order valence-corrected chi connectivity index (χ4v) is 5.29. The number of ether oxygens (including phenoxy) is 2. The molecule has 12 heteroatoms. The highest BCUT2D eigenvalue weighted by Gasteiger charge is 2.38. The first-order valence-corrected chi connectivity index (χ1v) is 12.9. The Kier molecular flexibility index (Phi) is 7.21. The van der Waals surface area contributed by atoms with E-state index in [2.05, 4.69) is 5.10 Å². The Balaban J connectivity index is 1.81. The number of carbonyl (C=O) groups excluding carboxylic acids is 1. The number of aromatic nitrogens is 2. The predicted molar refractivity (Wildman–Crippen MR) is 143 cm³/mol. The van der Waals surface area contributed by atoms with E-state index in [1.165, 1.54) is 31.3 Å². The maximum absolute atomic E-state index is 14.3. The molecule has 1 atom stereocenters.